The molecule has 0 radical (unpaired) electrons. The summed E-state index contributed by atoms with van der Waals surface area (Å²) in [6.07, 6.45) is -4.63. The molecule has 0 saturated carbocycles. The molecule has 2 aromatic carbocycles. The second kappa shape index (κ2) is 9.37. The number of halogens is 3. The van der Waals surface area contributed by atoms with Gasteiger partial charge >= 0.3 is 6.18 Å². The van der Waals surface area contributed by atoms with Crippen LogP contribution >= 0.6 is 0 Å². The Hall–Kier alpha value is -3.43. The van der Waals surface area contributed by atoms with Gasteiger partial charge in [0, 0.05) is 38.3 Å². The second-order valence-electron chi connectivity index (χ2n) is 7.04. The molecule has 0 bridgehead atoms. The number of amides is 2. The number of piperazine rings is 1. The van der Waals surface area contributed by atoms with Gasteiger partial charge in [-0.25, -0.2) is 0 Å². The third-order valence-electron chi connectivity index (χ3n) is 5.25. The highest BCUT2D eigenvalue weighted by atomic mass is 19.4. The zero-order valence-corrected chi connectivity index (χ0v) is 17.9. The number of alkyl halides is 3. The van der Waals surface area contributed by atoms with E-state index in [1.807, 2.05) is 0 Å². The highest BCUT2D eigenvalue weighted by Gasteiger charge is 2.36. The Morgan fingerprint density at radius 2 is 1.22 bits per heavy atom. The van der Waals surface area contributed by atoms with E-state index in [9.17, 15) is 22.8 Å². The van der Waals surface area contributed by atoms with Gasteiger partial charge in [0.05, 0.1) is 38.0 Å². The zero-order chi connectivity index (χ0) is 23.5. The lowest BCUT2D eigenvalue weighted by Crippen LogP contribution is -2.50. The molecule has 0 aromatic heterocycles. The summed E-state index contributed by atoms with van der Waals surface area (Å²) in [5.41, 5.74) is -1.12. The molecule has 1 aliphatic heterocycles. The minimum atomic E-state index is -4.63. The van der Waals surface area contributed by atoms with Crippen molar-refractivity contribution in [3.8, 4) is 17.2 Å². The average molecular weight is 452 g/mol. The minimum absolute atomic E-state index is 0.104. The van der Waals surface area contributed by atoms with Crippen molar-refractivity contribution in [2.75, 3.05) is 47.5 Å². The molecule has 10 heteroatoms. The maximum Gasteiger partial charge on any atom is 0.417 e. The highest BCUT2D eigenvalue weighted by Crippen LogP contribution is 2.36. The predicted octanol–water partition coefficient (Wildman–Crippen LogP) is 3.33. The zero-order valence-electron chi connectivity index (χ0n) is 17.9. The lowest BCUT2D eigenvalue weighted by atomic mass is 10.1. The third kappa shape index (κ3) is 4.58. The summed E-state index contributed by atoms with van der Waals surface area (Å²) in [5.74, 6) is -0.00144. The first-order chi connectivity index (χ1) is 15.2. The summed E-state index contributed by atoms with van der Waals surface area (Å²) in [7, 11) is 4.33. The van der Waals surface area contributed by atoms with Crippen LogP contribution in [0.5, 0.6) is 17.2 Å². The summed E-state index contributed by atoms with van der Waals surface area (Å²) < 4.78 is 55.6. The van der Waals surface area contributed by atoms with Crippen molar-refractivity contribution in [3.63, 3.8) is 0 Å². The monoisotopic (exact) mass is 452 g/mol. The van der Waals surface area contributed by atoms with E-state index in [2.05, 4.69) is 0 Å². The summed E-state index contributed by atoms with van der Waals surface area (Å²) >= 11 is 0. The van der Waals surface area contributed by atoms with E-state index >= 15 is 0 Å². The molecule has 1 heterocycles. The van der Waals surface area contributed by atoms with Gasteiger partial charge in [0.25, 0.3) is 11.8 Å². The van der Waals surface area contributed by atoms with Gasteiger partial charge < -0.3 is 24.0 Å². The molecular weight excluding hydrogens is 429 g/mol. The molecule has 172 valence electrons. The Bertz CT molecular complexity index is 1000. The number of ether oxygens (including phenoxy) is 3. The molecule has 0 unspecified atom stereocenters. The fraction of sp³-hybridized carbons (Fsp3) is 0.364. The summed E-state index contributed by atoms with van der Waals surface area (Å²) in [5, 5.41) is 0. The molecule has 0 spiro atoms. The third-order valence-corrected chi connectivity index (χ3v) is 5.25. The molecule has 1 saturated heterocycles. The van der Waals surface area contributed by atoms with E-state index in [-0.39, 0.29) is 37.6 Å². The van der Waals surface area contributed by atoms with Crippen LogP contribution in [0.15, 0.2) is 36.4 Å². The number of hydrogen-bond acceptors (Lipinski definition) is 5. The Morgan fingerprint density at radius 3 is 1.72 bits per heavy atom. The maximum absolute atomic E-state index is 13.3. The van der Waals surface area contributed by atoms with Gasteiger partial charge in [0.15, 0.2) is 11.5 Å². The van der Waals surface area contributed by atoms with E-state index in [0.29, 0.717) is 17.2 Å². The molecule has 3 rings (SSSR count). The van der Waals surface area contributed by atoms with Crippen LogP contribution in [0.3, 0.4) is 0 Å². The molecule has 0 aliphatic carbocycles. The van der Waals surface area contributed by atoms with Crippen LogP contribution in [0.2, 0.25) is 0 Å². The number of rotatable bonds is 5. The SMILES string of the molecule is COc1cc(OC)c(C(=O)N2CCN(C(=O)c3ccccc3C(F)(F)F)CC2)cc1OC. The van der Waals surface area contributed by atoms with Gasteiger partial charge in [0.1, 0.15) is 5.75 Å². The number of hydrogen-bond donors (Lipinski definition) is 0. The molecule has 1 aliphatic rings. The van der Waals surface area contributed by atoms with E-state index in [1.54, 1.807) is 6.07 Å². The Balaban J connectivity index is 1.76. The number of carbonyl (C=O) groups excluding carboxylic acids is 2. The topological polar surface area (TPSA) is 68.3 Å². The Kier molecular flexibility index (Phi) is 6.81. The van der Waals surface area contributed by atoms with E-state index < -0.39 is 23.2 Å². The quantitative estimate of drug-likeness (QED) is 0.696. The van der Waals surface area contributed by atoms with Crippen LogP contribution < -0.4 is 14.2 Å². The molecule has 32 heavy (non-hydrogen) atoms. The first kappa shape index (κ1) is 23.2. The molecule has 7 nitrogen and oxygen atoms in total. The fourth-order valence-corrected chi connectivity index (χ4v) is 3.57. The molecule has 0 atom stereocenters. The standard InChI is InChI=1S/C22H23F3N2O5/c1-30-17-13-19(32-3)18(31-2)12-15(17)21(29)27-10-8-26(9-11-27)20(28)14-6-4-5-7-16(14)22(23,24)25/h4-7,12-13H,8-11H2,1-3H3. The van der Waals surface area contributed by atoms with Crippen molar-refractivity contribution < 1.29 is 37.0 Å². The second-order valence-corrected chi connectivity index (χ2v) is 7.04. The van der Waals surface area contributed by atoms with Crippen molar-refractivity contribution in [2.24, 2.45) is 0 Å². The number of methoxy groups -OCH3 is 3. The van der Waals surface area contributed by atoms with Gasteiger partial charge in [0.2, 0.25) is 0 Å². The Morgan fingerprint density at radius 1 is 0.750 bits per heavy atom. The first-order valence-electron chi connectivity index (χ1n) is 9.76. The van der Waals surface area contributed by atoms with Gasteiger partial charge in [-0.3, -0.25) is 9.59 Å². The predicted molar refractivity (Wildman–Crippen MR) is 109 cm³/mol. The van der Waals surface area contributed by atoms with Gasteiger partial charge in [-0.1, -0.05) is 12.1 Å². The lowest BCUT2D eigenvalue weighted by Gasteiger charge is -2.35. The maximum atomic E-state index is 13.3. The molecule has 0 N–H and O–H groups in total. The van der Waals surface area contributed by atoms with Crippen LogP contribution in [0, 0.1) is 0 Å². The number of carbonyl (C=O) groups is 2. The van der Waals surface area contributed by atoms with Crippen LogP contribution in [0.25, 0.3) is 0 Å². The smallest absolute Gasteiger partial charge is 0.417 e. The molecule has 2 amide bonds. The molecule has 1 fully saturated rings. The van der Waals surface area contributed by atoms with Crippen LogP contribution in [0.4, 0.5) is 13.2 Å². The summed E-state index contributed by atoms with van der Waals surface area (Å²) in [6.45, 7) is 0.533. The normalized spacial score (nSPS) is 14.2. The first-order valence-corrected chi connectivity index (χ1v) is 9.76. The van der Waals surface area contributed by atoms with Crippen molar-refractivity contribution >= 4 is 11.8 Å². The Labute approximate surface area is 183 Å². The lowest BCUT2D eigenvalue weighted by molar-refractivity contribution is -0.138. The molecular formula is C22H23F3N2O5. The van der Waals surface area contributed by atoms with Crippen molar-refractivity contribution in [2.45, 2.75) is 6.18 Å². The van der Waals surface area contributed by atoms with E-state index in [0.717, 1.165) is 12.1 Å². The molecule has 2 aromatic rings. The number of benzene rings is 2. The van der Waals surface area contributed by atoms with Gasteiger partial charge in [-0.05, 0) is 12.1 Å². The van der Waals surface area contributed by atoms with E-state index in [4.69, 9.17) is 14.2 Å². The van der Waals surface area contributed by atoms with Gasteiger partial charge in [-0.2, -0.15) is 13.2 Å². The largest absolute Gasteiger partial charge is 0.496 e. The number of nitrogens with zero attached hydrogens (tertiary/aromatic N) is 2. The van der Waals surface area contributed by atoms with Crippen molar-refractivity contribution in [3.05, 3.63) is 53.1 Å². The minimum Gasteiger partial charge on any atom is -0.496 e. The summed E-state index contributed by atoms with van der Waals surface area (Å²) in [6, 6.07) is 7.74. The highest BCUT2D eigenvalue weighted by molar-refractivity contribution is 5.99. The van der Waals surface area contributed by atoms with E-state index in [1.165, 1.54) is 49.3 Å². The van der Waals surface area contributed by atoms with Crippen LogP contribution in [-0.2, 0) is 6.18 Å². The van der Waals surface area contributed by atoms with Gasteiger partial charge in [-0.15, -0.1) is 0 Å². The van der Waals surface area contributed by atoms with Crippen molar-refractivity contribution in [1.29, 1.82) is 0 Å². The van der Waals surface area contributed by atoms with Crippen LogP contribution in [0.1, 0.15) is 26.3 Å². The van der Waals surface area contributed by atoms with Crippen LogP contribution in [-0.4, -0.2) is 69.1 Å². The summed E-state index contributed by atoms with van der Waals surface area (Å²) in [4.78, 5) is 28.7. The van der Waals surface area contributed by atoms with Crippen molar-refractivity contribution in [1.82, 2.24) is 9.80 Å². The fourth-order valence-electron chi connectivity index (χ4n) is 3.57. The average Bonchev–Trinajstić information content (AvgIpc) is 2.81.